The van der Waals surface area contributed by atoms with E-state index in [0.717, 1.165) is 0 Å². The van der Waals surface area contributed by atoms with Crippen LogP contribution in [0.15, 0.2) is 4.42 Å². The second-order valence-electron chi connectivity index (χ2n) is 3.65. The van der Waals surface area contributed by atoms with Gasteiger partial charge in [-0.05, 0) is 20.8 Å². The SMILES string of the molecule is CCN(CC)C(=O)CNc1nnc(C(C)N)o1. The van der Waals surface area contributed by atoms with Gasteiger partial charge in [0.15, 0.2) is 0 Å². The summed E-state index contributed by atoms with van der Waals surface area (Å²) >= 11 is 0. The fraction of sp³-hybridized carbons (Fsp3) is 0.700. The number of nitrogens with two attached hydrogens (primary N) is 1. The molecule has 0 aliphatic heterocycles. The van der Waals surface area contributed by atoms with E-state index in [1.165, 1.54) is 0 Å². The first-order valence-corrected chi connectivity index (χ1v) is 5.69. The lowest BCUT2D eigenvalue weighted by Crippen LogP contribution is -2.35. The van der Waals surface area contributed by atoms with Crippen molar-refractivity contribution in [2.75, 3.05) is 25.0 Å². The Morgan fingerprint density at radius 3 is 2.59 bits per heavy atom. The lowest BCUT2D eigenvalue weighted by Gasteiger charge is -2.18. The average molecular weight is 241 g/mol. The van der Waals surface area contributed by atoms with Crippen LogP contribution in [0.1, 0.15) is 32.7 Å². The third kappa shape index (κ3) is 3.70. The van der Waals surface area contributed by atoms with Crippen molar-refractivity contribution in [3.63, 3.8) is 0 Å². The molecule has 0 saturated heterocycles. The molecule has 3 N–H and O–H groups in total. The van der Waals surface area contributed by atoms with Crippen LogP contribution in [0, 0.1) is 0 Å². The number of amides is 1. The quantitative estimate of drug-likeness (QED) is 0.746. The molecule has 17 heavy (non-hydrogen) atoms. The minimum absolute atomic E-state index is 0.00412. The van der Waals surface area contributed by atoms with E-state index in [1.807, 2.05) is 13.8 Å². The largest absolute Gasteiger partial charge is 0.406 e. The number of carbonyl (C=O) groups excluding carboxylic acids is 1. The monoisotopic (exact) mass is 241 g/mol. The van der Waals surface area contributed by atoms with Crippen LogP contribution in [0.5, 0.6) is 0 Å². The van der Waals surface area contributed by atoms with Crippen LogP contribution in [-0.4, -0.2) is 40.6 Å². The van der Waals surface area contributed by atoms with Gasteiger partial charge in [0.05, 0.1) is 12.6 Å². The average Bonchev–Trinajstić information content (AvgIpc) is 2.76. The number of aromatic nitrogens is 2. The standard InChI is InChI=1S/C10H19N5O2/c1-4-15(5-2)8(16)6-12-10-14-13-9(17-10)7(3)11/h7H,4-6,11H2,1-3H3,(H,12,14). The zero-order valence-corrected chi connectivity index (χ0v) is 10.4. The summed E-state index contributed by atoms with van der Waals surface area (Å²) in [7, 11) is 0. The molecule has 0 bridgehead atoms. The van der Waals surface area contributed by atoms with Gasteiger partial charge in [0, 0.05) is 13.1 Å². The summed E-state index contributed by atoms with van der Waals surface area (Å²) in [6, 6.07) is -0.0886. The lowest BCUT2D eigenvalue weighted by molar-refractivity contribution is -0.128. The summed E-state index contributed by atoms with van der Waals surface area (Å²) in [6.07, 6.45) is 0. The predicted molar refractivity (Wildman–Crippen MR) is 63.3 cm³/mol. The van der Waals surface area contributed by atoms with Gasteiger partial charge in [0.25, 0.3) is 0 Å². The number of carbonyl (C=O) groups is 1. The van der Waals surface area contributed by atoms with Gasteiger partial charge in [-0.25, -0.2) is 0 Å². The molecule has 1 amide bonds. The maximum atomic E-state index is 11.7. The molecule has 0 aliphatic carbocycles. The third-order valence-corrected chi connectivity index (χ3v) is 2.34. The first-order valence-electron chi connectivity index (χ1n) is 5.69. The molecule has 7 heteroatoms. The number of hydrogen-bond donors (Lipinski definition) is 2. The van der Waals surface area contributed by atoms with Crippen LogP contribution in [0.4, 0.5) is 6.01 Å². The molecule has 0 aliphatic rings. The van der Waals surface area contributed by atoms with Crippen molar-refractivity contribution in [1.29, 1.82) is 0 Å². The molecule has 0 spiro atoms. The zero-order valence-electron chi connectivity index (χ0n) is 10.4. The first kappa shape index (κ1) is 13.4. The second kappa shape index (κ2) is 6.19. The summed E-state index contributed by atoms with van der Waals surface area (Å²) < 4.78 is 5.21. The highest BCUT2D eigenvalue weighted by Gasteiger charge is 2.12. The molecule has 0 saturated carbocycles. The van der Waals surface area contributed by atoms with Gasteiger partial charge in [-0.15, -0.1) is 5.10 Å². The Labute approximate surface area is 100 Å². The highest BCUT2D eigenvalue weighted by Crippen LogP contribution is 2.10. The number of likely N-dealkylation sites (N-methyl/N-ethyl adjacent to an activating group) is 1. The number of rotatable bonds is 6. The summed E-state index contributed by atoms with van der Waals surface area (Å²) in [6.45, 7) is 7.13. The van der Waals surface area contributed by atoms with Crippen LogP contribution in [0.3, 0.4) is 0 Å². The fourth-order valence-electron chi connectivity index (χ4n) is 1.33. The molecule has 1 aromatic rings. The van der Waals surface area contributed by atoms with Crippen molar-refractivity contribution in [2.45, 2.75) is 26.8 Å². The Morgan fingerprint density at radius 1 is 1.47 bits per heavy atom. The van der Waals surface area contributed by atoms with Crippen molar-refractivity contribution in [2.24, 2.45) is 5.73 Å². The van der Waals surface area contributed by atoms with E-state index in [9.17, 15) is 4.79 Å². The summed E-state index contributed by atoms with van der Waals surface area (Å²) in [5.41, 5.74) is 5.58. The van der Waals surface area contributed by atoms with Crippen molar-refractivity contribution >= 4 is 11.9 Å². The van der Waals surface area contributed by atoms with E-state index in [2.05, 4.69) is 15.5 Å². The van der Waals surface area contributed by atoms with Gasteiger partial charge in [0.2, 0.25) is 11.8 Å². The van der Waals surface area contributed by atoms with Gasteiger partial charge in [-0.2, -0.15) is 0 Å². The van der Waals surface area contributed by atoms with E-state index in [1.54, 1.807) is 11.8 Å². The Kier molecular flexibility index (Phi) is 4.89. The van der Waals surface area contributed by atoms with Gasteiger partial charge < -0.3 is 20.4 Å². The molecule has 1 aromatic heterocycles. The van der Waals surface area contributed by atoms with Gasteiger partial charge >= 0.3 is 6.01 Å². The number of nitrogens with one attached hydrogen (secondary N) is 1. The normalized spacial score (nSPS) is 12.2. The van der Waals surface area contributed by atoms with E-state index < -0.39 is 0 Å². The maximum absolute atomic E-state index is 11.7. The zero-order chi connectivity index (χ0) is 12.8. The molecule has 1 unspecified atom stereocenters. The van der Waals surface area contributed by atoms with Crippen LogP contribution in [-0.2, 0) is 4.79 Å². The Morgan fingerprint density at radius 2 is 2.12 bits per heavy atom. The van der Waals surface area contributed by atoms with Gasteiger partial charge in [-0.1, -0.05) is 5.10 Å². The Balaban J connectivity index is 2.47. The molecule has 1 rings (SSSR count). The minimum atomic E-state index is -0.309. The summed E-state index contributed by atoms with van der Waals surface area (Å²) in [5.74, 6) is 0.346. The smallest absolute Gasteiger partial charge is 0.315 e. The molecule has 0 aromatic carbocycles. The van der Waals surface area contributed by atoms with Crippen LogP contribution in [0.2, 0.25) is 0 Å². The Hall–Kier alpha value is -1.63. The Bertz CT molecular complexity index is 359. The molecule has 1 heterocycles. The van der Waals surface area contributed by atoms with Crippen molar-refractivity contribution in [3.05, 3.63) is 5.89 Å². The van der Waals surface area contributed by atoms with Crippen LogP contribution < -0.4 is 11.1 Å². The van der Waals surface area contributed by atoms with Crippen molar-refractivity contribution < 1.29 is 9.21 Å². The van der Waals surface area contributed by atoms with E-state index in [0.29, 0.717) is 19.0 Å². The number of hydrogen-bond acceptors (Lipinski definition) is 6. The highest BCUT2D eigenvalue weighted by molar-refractivity contribution is 5.80. The predicted octanol–water partition coefficient (Wildman–Crippen LogP) is 0.370. The number of nitrogens with zero attached hydrogens (tertiary/aromatic N) is 3. The van der Waals surface area contributed by atoms with Gasteiger partial charge in [-0.3, -0.25) is 4.79 Å². The van der Waals surface area contributed by atoms with Crippen LogP contribution in [0.25, 0.3) is 0 Å². The fourth-order valence-corrected chi connectivity index (χ4v) is 1.33. The molecular formula is C10H19N5O2. The first-order chi connectivity index (χ1) is 8.08. The third-order valence-electron chi connectivity index (χ3n) is 2.34. The maximum Gasteiger partial charge on any atom is 0.315 e. The molecule has 96 valence electrons. The van der Waals surface area contributed by atoms with Crippen LogP contribution >= 0.6 is 0 Å². The molecule has 7 nitrogen and oxygen atoms in total. The molecule has 0 fully saturated rings. The lowest BCUT2D eigenvalue weighted by atomic mass is 10.4. The molecule has 1 atom stereocenters. The topological polar surface area (TPSA) is 97.3 Å². The van der Waals surface area contributed by atoms with Gasteiger partial charge in [0.1, 0.15) is 0 Å². The van der Waals surface area contributed by atoms with Crippen molar-refractivity contribution in [1.82, 2.24) is 15.1 Å². The van der Waals surface area contributed by atoms with E-state index >= 15 is 0 Å². The van der Waals surface area contributed by atoms with Crippen molar-refractivity contribution in [3.8, 4) is 0 Å². The number of anilines is 1. The summed E-state index contributed by atoms with van der Waals surface area (Å²) in [4.78, 5) is 13.4. The van der Waals surface area contributed by atoms with E-state index in [-0.39, 0.29) is 24.5 Å². The second-order valence-corrected chi connectivity index (χ2v) is 3.65. The highest BCUT2D eigenvalue weighted by atomic mass is 16.4. The summed E-state index contributed by atoms with van der Waals surface area (Å²) in [5, 5.41) is 10.3. The molecule has 0 radical (unpaired) electrons. The molecular weight excluding hydrogens is 222 g/mol. The minimum Gasteiger partial charge on any atom is -0.406 e. The van der Waals surface area contributed by atoms with E-state index in [4.69, 9.17) is 10.2 Å².